The second kappa shape index (κ2) is 7.60. The maximum atomic E-state index is 12.3. The molecule has 0 bridgehead atoms. The van der Waals surface area contributed by atoms with Crippen LogP contribution in [0.1, 0.15) is 13.3 Å². The number of carbonyl (C=O) groups is 1. The van der Waals surface area contributed by atoms with Gasteiger partial charge < -0.3 is 10.1 Å². The van der Waals surface area contributed by atoms with Gasteiger partial charge in [-0.15, -0.1) is 0 Å². The fraction of sp³-hybridized carbons (Fsp3) is 0.188. The molecular weight excluding hydrogens is 320 g/mol. The highest BCUT2D eigenvalue weighted by Crippen LogP contribution is 2.27. The Morgan fingerprint density at radius 3 is 2.61 bits per heavy atom. The number of benzene rings is 2. The second-order valence-electron chi connectivity index (χ2n) is 4.74. The lowest BCUT2D eigenvalue weighted by Gasteiger charge is -2.17. The smallest absolute Gasteiger partial charge is 0.271 e. The van der Waals surface area contributed by atoms with E-state index in [0.29, 0.717) is 12.2 Å². The van der Waals surface area contributed by atoms with E-state index in [1.807, 2.05) is 13.0 Å². The fourth-order valence-electron chi connectivity index (χ4n) is 1.92. The molecule has 0 spiro atoms. The first-order valence-corrected chi connectivity index (χ1v) is 7.35. The monoisotopic (exact) mass is 334 g/mol. The van der Waals surface area contributed by atoms with E-state index in [-0.39, 0.29) is 16.4 Å². The summed E-state index contributed by atoms with van der Waals surface area (Å²) < 4.78 is 5.63. The van der Waals surface area contributed by atoms with E-state index in [1.165, 1.54) is 18.2 Å². The van der Waals surface area contributed by atoms with Gasteiger partial charge in [0, 0.05) is 12.1 Å². The summed E-state index contributed by atoms with van der Waals surface area (Å²) in [6, 6.07) is 12.8. The number of nitrogens with one attached hydrogen (secondary N) is 1. The highest BCUT2D eigenvalue weighted by atomic mass is 35.5. The van der Waals surface area contributed by atoms with Gasteiger partial charge >= 0.3 is 0 Å². The van der Waals surface area contributed by atoms with Crippen LogP contribution in [0.5, 0.6) is 5.75 Å². The number of nitrogens with zero attached hydrogens (tertiary/aromatic N) is 1. The molecule has 0 aliphatic rings. The second-order valence-corrected chi connectivity index (χ2v) is 5.15. The molecule has 7 heteroatoms. The average Bonchev–Trinajstić information content (AvgIpc) is 2.55. The number of hydrogen-bond donors (Lipinski definition) is 1. The zero-order valence-corrected chi connectivity index (χ0v) is 13.1. The van der Waals surface area contributed by atoms with Gasteiger partial charge in [0.1, 0.15) is 5.75 Å². The first-order chi connectivity index (χ1) is 11.0. The molecule has 0 heterocycles. The minimum absolute atomic E-state index is 0.151. The quantitative estimate of drug-likeness (QED) is 0.638. The molecule has 6 nitrogen and oxygen atoms in total. The van der Waals surface area contributed by atoms with Crippen LogP contribution >= 0.6 is 11.6 Å². The molecule has 2 aromatic rings. The fourth-order valence-corrected chi connectivity index (χ4v) is 2.09. The Labute approximate surface area is 138 Å². The molecule has 1 atom stereocenters. The lowest BCUT2D eigenvalue weighted by Crippen LogP contribution is -2.32. The van der Waals surface area contributed by atoms with Gasteiger partial charge in [0.25, 0.3) is 11.6 Å². The summed E-state index contributed by atoms with van der Waals surface area (Å²) in [6.07, 6.45) is -0.291. The molecular formula is C16H15ClN2O4. The van der Waals surface area contributed by atoms with Crippen molar-refractivity contribution >= 4 is 28.9 Å². The third-order valence-corrected chi connectivity index (χ3v) is 3.43. The van der Waals surface area contributed by atoms with Crippen LogP contribution in [-0.2, 0) is 4.79 Å². The maximum absolute atomic E-state index is 12.3. The third kappa shape index (κ3) is 4.43. The van der Waals surface area contributed by atoms with Crippen LogP contribution in [0.4, 0.5) is 11.4 Å². The summed E-state index contributed by atoms with van der Waals surface area (Å²) in [4.78, 5) is 22.6. The minimum atomic E-state index is -0.729. The number of amides is 1. The number of nitro groups is 1. The first-order valence-electron chi connectivity index (χ1n) is 6.97. The summed E-state index contributed by atoms with van der Waals surface area (Å²) in [6.45, 7) is 1.81. The van der Waals surface area contributed by atoms with Crippen LogP contribution in [0.3, 0.4) is 0 Å². The van der Waals surface area contributed by atoms with Crippen molar-refractivity contribution < 1.29 is 14.5 Å². The molecule has 0 aliphatic heterocycles. The molecule has 23 heavy (non-hydrogen) atoms. The van der Waals surface area contributed by atoms with Gasteiger partial charge in [0.05, 0.1) is 15.6 Å². The molecule has 0 radical (unpaired) electrons. The molecule has 0 saturated heterocycles. The minimum Gasteiger partial charge on any atom is -0.481 e. The summed E-state index contributed by atoms with van der Waals surface area (Å²) in [5.74, 6) is 0.151. The van der Waals surface area contributed by atoms with Crippen molar-refractivity contribution in [3.05, 3.63) is 63.7 Å². The van der Waals surface area contributed by atoms with Crippen molar-refractivity contribution in [1.29, 1.82) is 0 Å². The SMILES string of the molecule is CC[C@H](Oc1ccccc1)C(=O)Nc1cc([N+](=O)[O-])ccc1Cl. The molecule has 1 amide bonds. The van der Waals surface area contributed by atoms with Crippen LogP contribution in [0.25, 0.3) is 0 Å². The molecule has 0 aliphatic carbocycles. The molecule has 120 valence electrons. The molecule has 0 fully saturated rings. The van der Waals surface area contributed by atoms with E-state index in [4.69, 9.17) is 16.3 Å². The standard InChI is InChI=1S/C16H15ClN2O4/c1-2-15(23-12-6-4-3-5-7-12)16(20)18-14-10-11(19(21)22)8-9-13(14)17/h3-10,15H,2H2,1H3,(H,18,20)/t15-/m0/s1. The van der Waals surface area contributed by atoms with E-state index in [2.05, 4.69) is 5.32 Å². The van der Waals surface area contributed by atoms with E-state index < -0.39 is 16.9 Å². The van der Waals surface area contributed by atoms with Gasteiger partial charge in [-0.05, 0) is 24.6 Å². The maximum Gasteiger partial charge on any atom is 0.271 e. The van der Waals surface area contributed by atoms with E-state index in [9.17, 15) is 14.9 Å². The number of nitro benzene ring substituents is 1. The molecule has 2 aromatic carbocycles. The molecule has 0 unspecified atom stereocenters. The number of anilines is 1. The summed E-state index contributed by atoms with van der Waals surface area (Å²) in [7, 11) is 0. The normalized spacial score (nSPS) is 11.6. The Morgan fingerprint density at radius 2 is 2.00 bits per heavy atom. The molecule has 0 aromatic heterocycles. The van der Waals surface area contributed by atoms with Crippen molar-refractivity contribution in [3.8, 4) is 5.75 Å². The van der Waals surface area contributed by atoms with Crippen LogP contribution in [0.2, 0.25) is 5.02 Å². The Bertz CT molecular complexity index is 706. The lowest BCUT2D eigenvalue weighted by molar-refractivity contribution is -0.384. The van der Waals surface area contributed by atoms with E-state index >= 15 is 0 Å². The average molecular weight is 335 g/mol. The van der Waals surface area contributed by atoms with Crippen LogP contribution in [-0.4, -0.2) is 16.9 Å². The Kier molecular flexibility index (Phi) is 5.54. The summed E-state index contributed by atoms with van der Waals surface area (Å²) >= 11 is 5.97. The lowest BCUT2D eigenvalue weighted by atomic mass is 10.2. The Balaban J connectivity index is 2.13. The predicted molar refractivity (Wildman–Crippen MR) is 87.9 cm³/mol. The number of halogens is 1. The third-order valence-electron chi connectivity index (χ3n) is 3.10. The highest BCUT2D eigenvalue weighted by Gasteiger charge is 2.20. The number of rotatable bonds is 6. The van der Waals surface area contributed by atoms with Gasteiger partial charge in [0.2, 0.25) is 0 Å². The summed E-state index contributed by atoms with van der Waals surface area (Å²) in [5.41, 5.74) is 0.0303. The Morgan fingerprint density at radius 1 is 1.30 bits per heavy atom. The van der Waals surface area contributed by atoms with Gasteiger partial charge in [-0.2, -0.15) is 0 Å². The van der Waals surface area contributed by atoms with E-state index in [0.717, 1.165) is 0 Å². The first kappa shape index (κ1) is 16.8. The van der Waals surface area contributed by atoms with Crippen molar-refractivity contribution in [3.63, 3.8) is 0 Å². The number of hydrogen-bond acceptors (Lipinski definition) is 4. The predicted octanol–water partition coefficient (Wildman–Crippen LogP) is 4.04. The number of non-ortho nitro benzene ring substituents is 1. The molecule has 0 saturated carbocycles. The van der Waals surface area contributed by atoms with Gasteiger partial charge in [0.15, 0.2) is 6.10 Å². The molecule has 2 rings (SSSR count). The van der Waals surface area contributed by atoms with E-state index in [1.54, 1.807) is 24.3 Å². The topological polar surface area (TPSA) is 81.5 Å². The van der Waals surface area contributed by atoms with Gasteiger partial charge in [-0.1, -0.05) is 36.7 Å². The number of ether oxygens (including phenoxy) is 1. The van der Waals surface area contributed by atoms with Gasteiger partial charge in [-0.25, -0.2) is 0 Å². The van der Waals surface area contributed by atoms with Crippen molar-refractivity contribution in [1.82, 2.24) is 0 Å². The van der Waals surface area contributed by atoms with Gasteiger partial charge in [-0.3, -0.25) is 14.9 Å². The van der Waals surface area contributed by atoms with Crippen molar-refractivity contribution in [2.24, 2.45) is 0 Å². The van der Waals surface area contributed by atoms with Crippen LogP contribution < -0.4 is 10.1 Å². The number of para-hydroxylation sites is 1. The largest absolute Gasteiger partial charge is 0.481 e. The highest BCUT2D eigenvalue weighted by molar-refractivity contribution is 6.33. The Hall–Kier alpha value is -2.60. The number of carbonyl (C=O) groups excluding carboxylic acids is 1. The zero-order valence-electron chi connectivity index (χ0n) is 12.4. The summed E-state index contributed by atoms with van der Waals surface area (Å²) in [5, 5.41) is 13.6. The zero-order chi connectivity index (χ0) is 16.8. The van der Waals surface area contributed by atoms with Crippen molar-refractivity contribution in [2.45, 2.75) is 19.4 Å². The molecule has 1 N–H and O–H groups in total. The van der Waals surface area contributed by atoms with Crippen LogP contribution in [0, 0.1) is 10.1 Å². The van der Waals surface area contributed by atoms with Crippen LogP contribution in [0.15, 0.2) is 48.5 Å². The van der Waals surface area contributed by atoms with Crippen molar-refractivity contribution in [2.75, 3.05) is 5.32 Å².